The fourth-order valence-corrected chi connectivity index (χ4v) is 3.23. The van der Waals surface area contributed by atoms with Crippen molar-refractivity contribution in [3.05, 3.63) is 63.4 Å². The first-order valence-corrected chi connectivity index (χ1v) is 8.41. The van der Waals surface area contributed by atoms with E-state index in [2.05, 4.69) is 10.2 Å². The molecular formula is C17H13ClFN3O2S. The van der Waals surface area contributed by atoms with Crippen molar-refractivity contribution in [1.82, 2.24) is 14.8 Å². The molecular weight excluding hydrogens is 365 g/mol. The van der Waals surface area contributed by atoms with E-state index in [0.717, 1.165) is 5.69 Å². The van der Waals surface area contributed by atoms with Crippen LogP contribution in [0.5, 0.6) is 11.5 Å². The third-order valence-corrected chi connectivity index (χ3v) is 4.55. The van der Waals surface area contributed by atoms with Gasteiger partial charge in [0.05, 0.1) is 5.69 Å². The number of fused-ring (bicyclic) bond motifs is 1. The highest BCUT2D eigenvalue weighted by Crippen LogP contribution is 2.32. The normalized spacial score (nSPS) is 13.0. The summed E-state index contributed by atoms with van der Waals surface area (Å²) in [7, 11) is 0. The molecule has 128 valence electrons. The van der Waals surface area contributed by atoms with Crippen LogP contribution >= 0.6 is 23.8 Å². The Kier molecular flexibility index (Phi) is 4.19. The molecule has 0 atom stereocenters. The maximum Gasteiger partial charge on any atom is 0.199 e. The molecule has 2 aromatic carbocycles. The Morgan fingerprint density at radius 1 is 1.20 bits per heavy atom. The Labute approximate surface area is 153 Å². The van der Waals surface area contributed by atoms with Gasteiger partial charge in [-0.05, 0) is 36.5 Å². The number of rotatable bonds is 3. The zero-order valence-electron chi connectivity index (χ0n) is 13.0. The summed E-state index contributed by atoms with van der Waals surface area (Å²) >= 11 is 11.5. The molecule has 1 N–H and O–H groups in total. The molecule has 1 aliphatic heterocycles. The highest BCUT2D eigenvalue weighted by atomic mass is 35.5. The van der Waals surface area contributed by atoms with Gasteiger partial charge in [-0.1, -0.05) is 17.7 Å². The van der Waals surface area contributed by atoms with Crippen LogP contribution in [0.15, 0.2) is 36.4 Å². The van der Waals surface area contributed by atoms with Crippen LogP contribution in [0, 0.1) is 10.6 Å². The fourth-order valence-electron chi connectivity index (χ4n) is 2.74. The lowest BCUT2D eigenvalue weighted by Gasteiger charge is -2.19. The zero-order chi connectivity index (χ0) is 17.4. The molecule has 4 rings (SSSR count). The van der Waals surface area contributed by atoms with Crippen molar-refractivity contribution in [1.29, 1.82) is 0 Å². The average molecular weight is 378 g/mol. The number of benzene rings is 2. The van der Waals surface area contributed by atoms with E-state index in [1.54, 1.807) is 16.7 Å². The second kappa shape index (κ2) is 6.50. The zero-order valence-corrected chi connectivity index (χ0v) is 14.5. The minimum absolute atomic E-state index is 0.201. The number of halogens is 2. The lowest BCUT2D eigenvalue weighted by Crippen LogP contribution is -2.15. The summed E-state index contributed by atoms with van der Waals surface area (Å²) in [5.74, 6) is 1.49. The van der Waals surface area contributed by atoms with E-state index in [4.69, 9.17) is 33.3 Å². The second-order valence-corrected chi connectivity index (χ2v) is 6.28. The van der Waals surface area contributed by atoms with Crippen molar-refractivity contribution in [2.24, 2.45) is 0 Å². The monoisotopic (exact) mass is 377 g/mol. The number of H-pyrrole nitrogens is 1. The summed E-state index contributed by atoms with van der Waals surface area (Å²) in [4.78, 5) is 0. The fraction of sp³-hybridized carbons (Fsp3) is 0.176. The second-order valence-electron chi connectivity index (χ2n) is 5.49. The van der Waals surface area contributed by atoms with Crippen molar-refractivity contribution in [3.8, 4) is 17.2 Å². The molecule has 3 aromatic rings. The maximum absolute atomic E-state index is 14.1. The van der Waals surface area contributed by atoms with Crippen molar-refractivity contribution < 1.29 is 13.9 Å². The predicted molar refractivity (Wildman–Crippen MR) is 94.0 cm³/mol. The van der Waals surface area contributed by atoms with Gasteiger partial charge in [0.1, 0.15) is 24.9 Å². The Balaban J connectivity index is 1.77. The minimum Gasteiger partial charge on any atom is -0.486 e. The molecule has 0 spiro atoms. The predicted octanol–water partition coefficient (Wildman–Crippen LogP) is 4.08. The van der Waals surface area contributed by atoms with Crippen LogP contribution in [0.25, 0.3) is 5.69 Å². The number of aromatic nitrogens is 3. The van der Waals surface area contributed by atoms with E-state index >= 15 is 0 Å². The van der Waals surface area contributed by atoms with Gasteiger partial charge in [0.15, 0.2) is 16.3 Å². The standard InChI is InChI=1S/C17H13ClFN3O2S/c18-12-2-1-3-13(19)11(12)9-16-20-21-17(25)22(16)10-4-5-14-15(8-10)24-7-6-23-14/h1-5,8H,6-7,9H2,(H,21,25). The van der Waals surface area contributed by atoms with Crippen LogP contribution in [-0.2, 0) is 6.42 Å². The van der Waals surface area contributed by atoms with Crippen molar-refractivity contribution in [2.75, 3.05) is 13.2 Å². The molecule has 5 nitrogen and oxygen atoms in total. The summed E-state index contributed by atoms with van der Waals surface area (Å²) in [6.07, 6.45) is 0.201. The average Bonchev–Trinajstić information content (AvgIpc) is 2.98. The van der Waals surface area contributed by atoms with Gasteiger partial charge in [-0.3, -0.25) is 9.67 Å². The number of ether oxygens (including phenoxy) is 2. The molecule has 0 radical (unpaired) electrons. The third-order valence-electron chi connectivity index (χ3n) is 3.92. The summed E-state index contributed by atoms with van der Waals surface area (Å²) in [6.45, 7) is 1.01. The van der Waals surface area contributed by atoms with Gasteiger partial charge in [-0.15, -0.1) is 0 Å². The SMILES string of the molecule is Fc1cccc(Cl)c1Cc1n[nH]c(=S)n1-c1ccc2c(c1)OCCO2. The van der Waals surface area contributed by atoms with E-state index in [-0.39, 0.29) is 12.2 Å². The molecule has 25 heavy (non-hydrogen) atoms. The maximum atomic E-state index is 14.1. The Bertz CT molecular complexity index is 982. The Hall–Kier alpha value is -2.38. The van der Waals surface area contributed by atoms with Crippen LogP contribution in [0.3, 0.4) is 0 Å². The topological polar surface area (TPSA) is 52.1 Å². The first-order chi connectivity index (χ1) is 12.1. The van der Waals surface area contributed by atoms with E-state index in [9.17, 15) is 4.39 Å². The first kappa shape index (κ1) is 16.1. The molecule has 2 heterocycles. The van der Waals surface area contributed by atoms with Crippen LogP contribution in [0.4, 0.5) is 4.39 Å². The number of nitrogens with one attached hydrogen (secondary N) is 1. The summed E-state index contributed by atoms with van der Waals surface area (Å²) in [6, 6.07) is 10.1. The highest BCUT2D eigenvalue weighted by molar-refractivity contribution is 7.71. The summed E-state index contributed by atoms with van der Waals surface area (Å²) in [5.41, 5.74) is 1.13. The summed E-state index contributed by atoms with van der Waals surface area (Å²) < 4.78 is 27.4. The Morgan fingerprint density at radius 2 is 2.00 bits per heavy atom. The molecule has 0 aliphatic carbocycles. The first-order valence-electron chi connectivity index (χ1n) is 7.62. The highest BCUT2D eigenvalue weighted by Gasteiger charge is 2.17. The quantitative estimate of drug-likeness (QED) is 0.699. The number of hydrogen-bond donors (Lipinski definition) is 1. The number of hydrogen-bond acceptors (Lipinski definition) is 4. The van der Waals surface area contributed by atoms with Gasteiger partial charge in [-0.25, -0.2) is 4.39 Å². The molecule has 0 unspecified atom stereocenters. The van der Waals surface area contributed by atoms with Gasteiger partial charge in [0.2, 0.25) is 0 Å². The molecule has 0 bridgehead atoms. The minimum atomic E-state index is -0.379. The van der Waals surface area contributed by atoms with Gasteiger partial charge in [0, 0.05) is 23.1 Å². The molecule has 1 aliphatic rings. The van der Waals surface area contributed by atoms with Crippen LogP contribution in [-0.4, -0.2) is 28.0 Å². The van der Waals surface area contributed by atoms with E-state index in [0.29, 0.717) is 45.9 Å². The molecule has 0 saturated heterocycles. The van der Waals surface area contributed by atoms with Gasteiger partial charge < -0.3 is 9.47 Å². The molecule has 0 saturated carbocycles. The molecule has 0 amide bonds. The van der Waals surface area contributed by atoms with Gasteiger partial charge in [-0.2, -0.15) is 5.10 Å². The van der Waals surface area contributed by atoms with E-state index in [1.807, 2.05) is 18.2 Å². The van der Waals surface area contributed by atoms with Crippen molar-refractivity contribution in [2.45, 2.75) is 6.42 Å². The Morgan fingerprint density at radius 3 is 2.80 bits per heavy atom. The smallest absolute Gasteiger partial charge is 0.199 e. The lowest BCUT2D eigenvalue weighted by molar-refractivity contribution is 0.171. The van der Waals surface area contributed by atoms with Gasteiger partial charge >= 0.3 is 0 Å². The molecule has 0 fully saturated rings. The van der Waals surface area contributed by atoms with Gasteiger partial charge in [0.25, 0.3) is 0 Å². The van der Waals surface area contributed by atoms with E-state index < -0.39 is 0 Å². The van der Waals surface area contributed by atoms with Crippen LogP contribution in [0.1, 0.15) is 11.4 Å². The van der Waals surface area contributed by atoms with Crippen LogP contribution in [0.2, 0.25) is 5.02 Å². The van der Waals surface area contributed by atoms with E-state index in [1.165, 1.54) is 6.07 Å². The number of aromatic amines is 1. The third kappa shape index (κ3) is 3.01. The number of nitrogens with zero attached hydrogens (tertiary/aromatic N) is 2. The largest absolute Gasteiger partial charge is 0.486 e. The summed E-state index contributed by atoms with van der Waals surface area (Å²) in [5, 5.41) is 7.33. The lowest BCUT2D eigenvalue weighted by atomic mass is 10.1. The van der Waals surface area contributed by atoms with Crippen molar-refractivity contribution >= 4 is 23.8 Å². The molecule has 1 aromatic heterocycles. The van der Waals surface area contributed by atoms with Crippen LogP contribution < -0.4 is 9.47 Å². The van der Waals surface area contributed by atoms with Crippen molar-refractivity contribution in [3.63, 3.8) is 0 Å². The molecule has 8 heteroatoms.